The third kappa shape index (κ3) is 2.58. The van der Waals surface area contributed by atoms with E-state index in [9.17, 15) is 4.79 Å². The summed E-state index contributed by atoms with van der Waals surface area (Å²) in [6.45, 7) is 4.99. The zero-order valence-corrected chi connectivity index (χ0v) is 11.9. The average Bonchev–Trinajstić information content (AvgIpc) is 2.71. The van der Waals surface area contributed by atoms with Crippen LogP contribution in [0.1, 0.15) is 16.8 Å². The summed E-state index contributed by atoms with van der Waals surface area (Å²) in [7, 11) is 2.10. The van der Waals surface area contributed by atoms with Gasteiger partial charge in [0.2, 0.25) is 0 Å². The van der Waals surface area contributed by atoms with Crippen LogP contribution >= 0.6 is 0 Å². The molecule has 3 rings (SSSR count). The zero-order chi connectivity index (χ0) is 13.9. The average molecular weight is 275 g/mol. The van der Waals surface area contributed by atoms with E-state index in [-0.39, 0.29) is 5.91 Å². The van der Waals surface area contributed by atoms with Crippen molar-refractivity contribution in [2.45, 2.75) is 6.42 Å². The smallest absolute Gasteiger partial charge is 0.257 e. The van der Waals surface area contributed by atoms with Crippen molar-refractivity contribution in [1.82, 2.24) is 9.80 Å². The van der Waals surface area contributed by atoms with Crippen molar-refractivity contribution in [3.8, 4) is 5.75 Å². The molecule has 2 aliphatic rings. The Kier molecular flexibility index (Phi) is 3.78. The van der Waals surface area contributed by atoms with Crippen LogP contribution in [0.3, 0.4) is 0 Å². The van der Waals surface area contributed by atoms with Gasteiger partial charge in [-0.25, -0.2) is 0 Å². The van der Waals surface area contributed by atoms with Gasteiger partial charge in [-0.05, 0) is 32.1 Å². The minimum atomic E-state index is 0.0841. The fourth-order valence-electron chi connectivity index (χ4n) is 2.76. The summed E-state index contributed by atoms with van der Waals surface area (Å²) in [5, 5.41) is 3.28. The first-order chi connectivity index (χ1) is 9.75. The normalized spacial score (nSPS) is 19.6. The molecule has 1 fully saturated rings. The van der Waals surface area contributed by atoms with Crippen LogP contribution in [-0.4, -0.2) is 62.1 Å². The van der Waals surface area contributed by atoms with Gasteiger partial charge in [-0.1, -0.05) is 6.07 Å². The van der Waals surface area contributed by atoms with E-state index in [1.165, 1.54) is 0 Å². The number of nitrogens with one attached hydrogen (secondary N) is 1. The molecule has 1 amide bonds. The number of ether oxygens (including phenoxy) is 1. The van der Waals surface area contributed by atoms with Gasteiger partial charge in [0.1, 0.15) is 6.61 Å². The van der Waals surface area contributed by atoms with Gasteiger partial charge in [-0.2, -0.15) is 0 Å². The van der Waals surface area contributed by atoms with Gasteiger partial charge in [0.25, 0.3) is 5.91 Å². The molecule has 5 heteroatoms. The highest BCUT2D eigenvalue weighted by Crippen LogP contribution is 2.32. The molecule has 5 nitrogen and oxygen atoms in total. The second kappa shape index (κ2) is 5.71. The van der Waals surface area contributed by atoms with E-state index in [0.717, 1.165) is 44.8 Å². The number of nitrogens with zero attached hydrogens (tertiary/aromatic N) is 2. The van der Waals surface area contributed by atoms with E-state index in [1.54, 1.807) is 0 Å². The summed E-state index contributed by atoms with van der Waals surface area (Å²) >= 11 is 0. The van der Waals surface area contributed by atoms with Gasteiger partial charge in [0.15, 0.2) is 5.75 Å². The van der Waals surface area contributed by atoms with E-state index in [2.05, 4.69) is 17.3 Å². The van der Waals surface area contributed by atoms with Crippen LogP contribution in [0.5, 0.6) is 5.75 Å². The number of hydrogen-bond donors (Lipinski definition) is 1. The van der Waals surface area contributed by atoms with Crippen LogP contribution in [-0.2, 0) is 0 Å². The number of anilines is 1. The highest BCUT2D eigenvalue weighted by atomic mass is 16.5. The molecule has 1 N–H and O–H groups in total. The van der Waals surface area contributed by atoms with Crippen molar-refractivity contribution in [3.63, 3.8) is 0 Å². The van der Waals surface area contributed by atoms with Crippen molar-refractivity contribution >= 4 is 11.6 Å². The van der Waals surface area contributed by atoms with E-state index >= 15 is 0 Å². The Morgan fingerprint density at radius 3 is 3.05 bits per heavy atom. The lowest BCUT2D eigenvalue weighted by Crippen LogP contribution is -2.35. The van der Waals surface area contributed by atoms with Crippen molar-refractivity contribution in [1.29, 1.82) is 0 Å². The number of hydrogen-bond acceptors (Lipinski definition) is 4. The summed E-state index contributed by atoms with van der Waals surface area (Å²) in [5.74, 6) is 0.794. The second-order valence-electron chi connectivity index (χ2n) is 5.41. The minimum absolute atomic E-state index is 0.0841. The van der Waals surface area contributed by atoms with Gasteiger partial charge in [0, 0.05) is 26.2 Å². The molecular formula is C15H21N3O2. The lowest BCUT2D eigenvalue weighted by atomic mass is 10.1. The maximum Gasteiger partial charge on any atom is 0.257 e. The fourth-order valence-corrected chi connectivity index (χ4v) is 2.76. The highest BCUT2D eigenvalue weighted by molar-refractivity contribution is 5.99. The second-order valence-corrected chi connectivity index (χ2v) is 5.41. The van der Waals surface area contributed by atoms with Crippen molar-refractivity contribution in [2.75, 3.05) is 51.7 Å². The minimum Gasteiger partial charge on any atom is -0.489 e. The Labute approximate surface area is 119 Å². The van der Waals surface area contributed by atoms with Crippen LogP contribution in [0.2, 0.25) is 0 Å². The SMILES string of the molecule is CN1CCCN(C(=O)c2cccc3c2OCCN3)CC1. The maximum absolute atomic E-state index is 12.7. The third-order valence-corrected chi connectivity index (χ3v) is 3.92. The fraction of sp³-hybridized carbons (Fsp3) is 0.533. The largest absolute Gasteiger partial charge is 0.489 e. The molecule has 0 radical (unpaired) electrons. The molecule has 1 aromatic rings. The molecule has 1 aromatic carbocycles. The summed E-state index contributed by atoms with van der Waals surface area (Å²) < 4.78 is 5.70. The van der Waals surface area contributed by atoms with Crippen LogP contribution in [0.4, 0.5) is 5.69 Å². The summed E-state index contributed by atoms with van der Waals surface area (Å²) in [6, 6.07) is 5.74. The van der Waals surface area contributed by atoms with Crippen LogP contribution in [0.25, 0.3) is 0 Å². The molecule has 2 aliphatic heterocycles. The predicted molar refractivity (Wildman–Crippen MR) is 78.4 cm³/mol. The first kappa shape index (κ1) is 13.2. The van der Waals surface area contributed by atoms with Crippen LogP contribution in [0, 0.1) is 0 Å². The molecule has 0 saturated carbocycles. The maximum atomic E-state index is 12.7. The number of likely N-dealkylation sites (N-methyl/N-ethyl adjacent to an activating group) is 1. The number of benzene rings is 1. The highest BCUT2D eigenvalue weighted by Gasteiger charge is 2.24. The lowest BCUT2D eigenvalue weighted by Gasteiger charge is -2.25. The topological polar surface area (TPSA) is 44.8 Å². The Morgan fingerprint density at radius 1 is 1.25 bits per heavy atom. The lowest BCUT2D eigenvalue weighted by molar-refractivity contribution is 0.0758. The first-order valence-corrected chi connectivity index (χ1v) is 7.23. The summed E-state index contributed by atoms with van der Waals surface area (Å²) in [4.78, 5) is 16.9. The molecule has 2 heterocycles. The Bertz CT molecular complexity index is 504. The molecule has 108 valence electrons. The predicted octanol–water partition coefficient (Wildman–Crippen LogP) is 1.27. The molecule has 20 heavy (non-hydrogen) atoms. The molecule has 0 aromatic heterocycles. The van der Waals surface area contributed by atoms with Gasteiger partial charge >= 0.3 is 0 Å². The molecular weight excluding hydrogens is 254 g/mol. The number of rotatable bonds is 1. The molecule has 0 spiro atoms. The molecule has 1 saturated heterocycles. The first-order valence-electron chi connectivity index (χ1n) is 7.23. The van der Waals surface area contributed by atoms with E-state index < -0.39 is 0 Å². The number of carbonyl (C=O) groups is 1. The van der Waals surface area contributed by atoms with Crippen LogP contribution < -0.4 is 10.1 Å². The Morgan fingerprint density at radius 2 is 2.15 bits per heavy atom. The van der Waals surface area contributed by atoms with E-state index in [4.69, 9.17) is 4.74 Å². The van der Waals surface area contributed by atoms with E-state index in [0.29, 0.717) is 17.9 Å². The van der Waals surface area contributed by atoms with Crippen molar-refractivity contribution < 1.29 is 9.53 Å². The molecule has 0 unspecified atom stereocenters. The van der Waals surface area contributed by atoms with Gasteiger partial charge < -0.3 is 19.9 Å². The Balaban J connectivity index is 1.83. The van der Waals surface area contributed by atoms with Crippen molar-refractivity contribution in [2.24, 2.45) is 0 Å². The Hall–Kier alpha value is -1.75. The third-order valence-electron chi connectivity index (χ3n) is 3.92. The molecule has 0 atom stereocenters. The van der Waals surface area contributed by atoms with E-state index in [1.807, 2.05) is 23.1 Å². The molecule has 0 aliphatic carbocycles. The zero-order valence-electron chi connectivity index (χ0n) is 11.9. The quantitative estimate of drug-likeness (QED) is 0.838. The van der Waals surface area contributed by atoms with Gasteiger partial charge in [-0.3, -0.25) is 4.79 Å². The monoisotopic (exact) mass is 275 g/mol. The summed E-state index contributed by atoms with van der Waals surface area (Å²) in [6.07, 6.45) is 1.02. The molecule has 0 bridgehead atoms. The standard InChI is InChI=1S/C15H21N3O2/c1-17-7-3-8-18(10-9-17)15(19)12-4-2-5-13-14(12)20-11-6-16-13/h2,4-5,16H,3,6-11H2,1H3. The van der Waals surface area contributed by atoms with Crippen LogP contribution in [0.15, 0.2) is 18.2 Å². The summed E-state index contributed by atoms with van der Waals surface area (Å²) in [5.41, 5.74) is 1.60. The number of para-hydroxylation sites is 1. The number of amides is 1. The van der Waals surface area contributed by atoms with Gasteiger partial charge in [-0.15, -0.1) is 0 Å². The van der Waals surface area contributed by atoms with Gasteiger partial charge in [0.05, 0.1) is 11.3 Å². The number of fused-ring (bicyclic) bond motifs is 1. The van der Waals surface area contributed by atoms with Crippen molar-refractivity contribution in [3.05, 3.63) is 23.8 Å². The number of carbonyl (C=O) groups excluding carboxylic acids is 1.